The average molecular weight is 637 g/mol. The first-order valence-electron chi connectivity index (χ1n) is 15.6. The third-order valence-electron chi connectivity index (χ3n) is 8.41. The van der Waals surface area contributed by atoms with Crippen LogP contribution in [0, 0.1) is 0 Å². The van der Waals surface area contributed by atoms with Gasteiger partial charge in [0, 0.05) is 29.1 Å². The minimum atomic E-state index is -1.38. The minimum Gasteiger partial charge on any atom is -0.443 e. The van der Waals surface area contributed by atoms with E-state index in [4.69, 9.17) is 4.74 Å². The van der Waals surface area contributed by atoms with Crippen molar-refractivity contribution in [3.63, 3.8) is 0 Å². The molecule has 0 unspecified atom stereocenters. The van der Waals surface area contributed by atoms with Crippen LogP contribution < -0.4 is 5.32 Å². The van der Waals surface area contributed by atoms with Gasteiger partial charge in [-0.05, 0) is 62.2 Å². The number of nitrogens with one attached hydrogen (secondary N) is 1. The summed E-state index contributed by atoms with van der Waals surface area (Å²) in [5.74, 6) is -2.65. The summed E-state index contributed by atoms with van der Waals surface area (Å²) in [5.41, 5.74) is 2.45. The highest BCUT2D eigenvalue weighted by atomic mass is 16.6. The zero-order valence-corrected chi connectivity index (χ0v) is 26.6. The van der Waals surface area contributed by atoms with Crippen molar-refractivity contribution in [2.45, 2.75) is 38.3 Å². The third-order valence-corrected chi connectivity index (χ3v) is 8.41. The molecule has 4 aromatic carbocycles. The molecule has 7 rings (SSSR count). The highest BCUT2D eigenvalue weighted by Gasteiger charge is 2.48. The lowest BCUT2D eigenvalue weighted by molar-refractivity contribution is -0.120. The number of ether oxygens (including phenoxy) is 1. The number of carbonyl (C=O) groups excluding carboxylic acids is 4. The Morgan fingerprint density at radius 2 is 1.42 bits per heavy atom. The van der Waals surface area contributed by atoms with E-state index in [0.717, 1.165) is 10.3 Å². The predicted molar refractivity (Wildman–Crippen MR) is 183 cm³/mol. The number of nitrogens with zero attached hydrogens (tertiary/aromatic N) is 3. The summed E-state index contributed by atoms with van der Waals surface area (Å²) in [6.07, 6.45) is 2.69. The Morgan fingerprint density at radius 1 is 0.771 bits per heavy atom. The number of amides is 3. The lowest BCUT2D eigenvalue weighted by Crippen LogP contribution is -2.51. The van der Waals surface area contributed by atoms with E-state index in [9.17, 15) is 19.2 Å². The number of benzene rings is 4. The maximum atomic E-state index is 14.9. The van der Waals surface area contributed by atoms with Crippen LogP contribution in [0.5, 0.6) is 0 Å². The second-order valence-electron chi connectivity index (χ2n) is 12.7. The van der Waals surface area contributed by atoms with Crippen LogP contribution in [0.2, 0.25) is 0 Å². The largest absolute Gasteiger partial charge is 0.443 e. The molecule has 0 spiro atoms. The summed E-state index contributed by atoms with van der Waals surface area (Å²) in [4.78, 5) is 62.3. The average Bonchev–Trinajstić information content (AvgIpc) is 3.58. The maximum absolute atomic E-state index is 14.9. The summed E-state index contributed by atoms with van der Waals surface area (Å²) in [7, 11) is 0. The molecule has 1 N–H and O–H groups in total. The predicted octanol–water partition coefficient (Wildman–Crippen LogP) is 7.41. The fourth-order valence-corrected chi connectivity index (χ4v) is 6.40. The van der Waals surface area contributed by atoms with Gasteiger partial charge in [-0.15, -0.1) is 0 Å². The minimum absolute atomic E-state index is 0.218. The Kier molecular flexibility index (Phi) is 7.59. The van der Waals surface area contributed by atoms with E-state index in [1.807, 2.05) is 60.7 Å². The summed E-state index contributed by atoms with van der Waals surface area (Å²) in [5, 5.41) is 4.49. The molecule has 48 heavy (non-hydrogen) atoms. The molecule has 0 aliphatic carbocycles. The number of hydrogen-bond acceptors (Lipinski definition) is 6. The van der Waals surface area contributed by atoms with Crippen molar-refractivity contribution in [3.05, 3.63) is 144 Å². The van der Waals surface area contributed by atoms with Crippen molar-refractivity contribution < 1.29 is 23.9 Å². The number of pyridine rings is 1. The number of para-hydroxylation sites is 2. The Labute approximate surface area is 276 Å². The van der Waals surface area contributed by atoms with Gasteiger partial charge in [0.25, 0.3) is 11.8 Å². The molecular weight excluding hydrogens is 604 g/mol. The molecule has 0 bridgehead atoms. The second-order valence-corrected chi connectivity index (χ2v) is 12.7. The fraction of sp³-hybridized carbons (Fsp3) is 0.154. The zero-order valence-electron chi connectivity index (χ0n) is 26.6. The molecule has 2 atom stereocenters. The SMILES string of the molecule is CC(C)(C)OC(=O)n1cc([C@@H](c2ccccc2)[C@@H](C(=O)Nc2cccc3cccnc23)N2C(=O)c3ccccc3C2=O)c2ccccc21. The molecule has 0 radical (unpaired) electrons. The van der Waals surface area contributed by atoms with Crippen LogP contribution in [-0.4, -0.2) is 49.9 Å². The van der Waals surface area contributed by atoms with Crippen molar-refractivity contribution in [2.75, 3.05) is 5.32 Å². The maximum Gasteiger partial charge on any atom is 0.419 e. The van der Waals surface area contributed by atoms with Crippen molar-refractivity contribution >= 4 is 51.3 Å². The van der Waals surface area contributed by atoms with E-state index in [1.165, 1.54) is 4.57 Å². The molecule has 9 nitrogen and oxygen atoms in total. The Hall–Kier alpha value is -6.09. The van der Waals surface area contributed by atoms with Gasteiger partial charge in [0.2, 0.25) is 5.91 Å². The van der Waals surface area contributed by atoms with Crippen molar-refractivity contribution in [3.8, 4) is 0 Å². The lowest BCUT2D eigenvalue weighted by atomic mass is 9.83. The van der Waals surface area contributed by atoms with E-state index >= 15 is 0 Å². The number of imide groups is 1. The van der Waals surface area contributed by atoms with E-state index in [-0.39, 0.29) is 11.1 Å². The lowest BCUT2D eigenvalue weighted by Gasteiger charge is -2.33. The molecular formula is C39H32N4O5. The molecule has 3 amide bonds. The van der Waals surface area contributed by atoms with Crippen LogP contribution in [0.4, 0.5) is 10.5 Å². The number of aromatic nitrogens is 2. The molecule has 238 valence electrons. The number of carbonyl (C=O) groups is 4. The Bertz CT molecular complexity index is 2190. The van der Waals surface area contributed by atoms with Crippen LogP contribution >= 0.6 is 0 Å². The van der Waals surface area contributed by atoms with E-state index in [1.54, 1.807) is 81.7 Å². The van der Waals surface area contributed by atoms with Gasteiger partial charge in [0.15, 0.2) is 0 Å². The standard InChI is InChI=1S/C39H32N4O5/c1-39(2,3)48-38(47)42-23-29(26-17-9-10-21-31(26)42)32(24-13-5-4-6-14-24)34(43-36(45)27-18-7-8-19-28(27)37(43)46)35(44)41-30-20-11-15-25-16-12-22-40-33(25)30/h4-23,32,34H,1-3H3,(H,41,44)/t32-,34+/m1/s1. The van der Waals surface area contributed by atoms with Gasteiger partial charge >= 0.3 is 6.09 Å². The quantitative estimate of drug-likeness (QED) is 0.191. The topological polar surface area (TPSA) is 111 Å². The zero-order chi connectivity index (χ0) is 33.6. The van der Waals surface area contributed by atoms with Crippen molar-refractivity contribution in [2.24, 2.45) is 0 Å². The van der Waals surface area contributed by atoms with E-state index < -0.39 is 41.4 Å². The van der Waals surface area contributed by atoms with Gasteiger partial charge in [-0.1, -0.05) is 78.9 Å². The molecule has 0 saturated heterocycles. The smallest absolute Gasteiger partial charge is 0.419 e. The molecule has 9 heteroatoms. The highest BCUT2D eigenvalue weighted by molar-refractivity contribution is 6.23. The van der Waals surface area contributed by atoms with Gasteiger partial charge in [-0.3, -0.25) is 28.8 Å². The molecule has 1 aliphatic rings. The van der Waals surface area contributed by atoms with Gasteiger partial charge in [-0.2, -0.15) is 0 Å². The van der Waals surface area contributed by atoms with Crippen LogP contribution in [-0.2, 0) is 9.53 Å². The number of fused-ring (bicyclic) bond motifs is 3. The number of anilines is 1. The molecule has 3 heterocycles. The van der Waals surface area contributed by atoms with Gasteiger partial charge < -0.3 is 10.1 Å². The summed E-state index contributed by atoms with van der Waals surface area (Å²) >= 11 is 0. The molecule has 2 aromatic heterocycles. The monoisotopic (exact) mass is 636 g/mol. The molecule has 1 aliphatic heterocycles. The summed E-state index contributed by atoms with van der Waals surface area (Å²) in [6, 6.07) is 30.8. The first kappa shape index (κ1) is 30.6. The first-order valence-corrected chi connectivity index (χ1v) is 15.6. The first-order chi connectivity index (χ1) is 23.1. The van der Waals surface area contributed by atoms with E-state index in [2.05, 4.69) is 10.3 Å². The molecule has 0 saturated carbocycles. The third kappa shape index (κ3) is 5.39. The molecule has 0 fully saturated rings. The van der Waals surface area contributed by atoms with Crippen LogP contribution in [0.15, 0.2) is 122 Å². The summed E-state index contributed by atoms with van der Waals surface area (Å²) < 4.78 is 7.17. The molecule has 6 aromatic rings. The van der Waals surface area contributed by atoms with Gasteiger partial charge in [0.1, 0.15) is 11.6 Å². The van der Waals surface area contributed by atoms with Gasteiger partial charge in [-0.25, -0.2) is 4.79 Å². The van der Waals surface area contributed by atoms with Crippen LogP contribution in [0.25, 0.3) is 21.8 Å². The Balaban J connectivity index is 1.45. The van der Waals surface area contributed by atoms with Crippen molar-refractivity contribution in [1.82, 2.24) is 14.5 Å². The van der Waals surface area contributed by atoms with E-state index in [0.29, 0.717) is 33.2 Å². The van der Waals surface area contributed by atoms with Gasteiger partial charge in [0.05, 0.1) is 27.8 Å². The van der Waals surface area contributed by atoms with Crippen LogP contribution in [0.3, 0.4) is 0 Å². The number of rotatable bonds is 6. The fourth-order valence-electron chi connectivity index (χ4n) is 6.40. The highest BCUT2D eigenvalue weighted by Crippen LogP contribution is 2.40. The second kappa shape index (κ2) is 11.9. The summed E-state index contributed by atoms with van der Waals surface area (Å²) in [6.45, 7) is 5.36. The van der Waals surface area contributed by atoms with Crippen LogP contribution in [0.1, 0.15) is 58.5 Å². The van der Waals surface area contributed by atoms with Crippen molar-refractivity contribution in [1.29, 1.82) is 0 Å². The normalized spacial score (nSPS) is 14.2. The Morgan fingerprint density at radius 3 is 2.12 bits per heavy atom. The number of hydrogen-bond donors (Lipinski definition) is 1.